The van der Waals surface area contributed by atoms with E-state index in [1.165, 1.54) is 28.0 Å². The molecule has 1 saturated heterocycles. The fraction of sp³-hybridized carbons (Fsp3) is 0.300. The van der Waals surface area contributed by atoms with Crippen LogP contribution < -0.4 is 5.32 Å². The first-order valence-corrected chi connectivity index (χ1v) is 12.9. The second-order valence-corrected chi connectivity index (χ2v) is 10.6. The van der Waals surface area contributed by atoms with E-state index >= 15 is 0 Å². The predicted octanol–water partition coefficient (Wildman–Crippen LogP) is 6.02. The average molecular weight is 570 g/mol. The highest BCUT2D eigenvalue weighted by molar-refractivity contribution is 6.14. The van der Waals surface area contributed by atoms with Gasteiger partial charge in [-0.2, -0.15) is 13.2 Å². The first kappa shape index (κ1) is 29.4. The van der Waals surface area contributed by atoms with Crippen LogP contribution >= 0.6 is 0 Å². The number of carbonyl (C=O) groups is 3. The van der Waals surface area contributed by atoms with E-state index in [9.17, 15) is 32.7 Å². The van der Waals surface area contributed by atoms with Crippen LogP contribution in [0.3, 0.4) is 0 Å². The van der Waals surface area contributed by atoms with E-state index in [0.29, 0.717) is 11.1 Å². The second-order valence-electron chi connectivity index (χ2n) is 10.6. The zero-order valence-electron chi connectivity index (χ0n) is 22.8. The van der Waals surface area contributed by atoms with Crippen LogP contribution in [0.15, 0.2) is 66.7 Å². The van der Waals surface area contributed by atoms with Gasteiger partial charge in [-0.1, -0.05) is 36.4 Å². The first-order valence-electron chi connectivity index (χ1n) is 12.9. The quantitative estimate of drug-likeness (QED) is 0.400. The molecule has 0 bridgehead atoms. The molecular formula is C30H30F3N3O5. The van der Waals surface area contributed by atoms with Crippen molar-refractivity contribution in [2.75, 3.05) is 31.5 Å². The standard InChI is InChI=1S/C30H30F3N3O5/c1-29(2,3)41-28(40)36-14-12-35(13-15-36)27(39)25-23(16-20(17-24(25)37)19-8-5-4-6-9-19)26(38)34-22-11-7-10-21(18-22)30(31,32)33/h4-11,16-18,37H,12-15H2,1-3H3,(H,34,38). The third kappa shape index (κ3) is 7.16. The van der Waals surface area contributed by atoms with Crippen molar-refractivity contribution in [3.8, 4) is 16.9 Å². The summed E-state index contributed by atoms with van der Waals surface area (Å²) in [7, 11) is 0. The Kier molecular flexibility index (Phi) is 8.27. The molecule has 4 rings (SSSR count). The Morgan fingerprint density at radius 1 is 0.829 bits per heavy atom. The Morgan fingerprint density at radius 2 is 1.46 bits per heavy atom. The number of halogens is 3. The van der Waals surface area contributed by atoms with E-state index < -0.39 is 41.0 Å². The van der Waals surface area contributed by atoms with Crippen molar-refractivity contribution in [3.05, 3.63) is 83.4 Å². The molecule has 1 heterocycles. The maximum atomic E-state index is 13.6. The van der Waals surface area contributed by atoms with E-state index in [0.717, 1.165) is 18.2 Å². The Bertz CT molecular complexity index is 1440. The van der Waals surface area contributed by atoms with Crippen LogP contribution in [0.25, 0.3) is 11.1 Å². The van der Waals surface area contributed by atoms with Gasteiger partial charge in [0.15, 0.2) is 0 Å². The van der Waals surface area contributed by atoms with Gasteiger partial charge in [0.05, 0.1) is 16.7 Å². The first-order chi connectivity index (χ1) is 19.2. The summed E-state index contributed by atoms with van der Waals surface area (Å²) >= 11 is 0. The van der Waals surface area contributed by atoms with Crippen LogP contribution in [0.1, 0.15) is 47.1 Å². The minimum Gasteiger partial charge on any atom is -0.507 e. The number of hydrogen-bond acceptors (Lipinski definition) is 5. The smallest absolute Gasteiger partial charge is 0.416 e. The van der Waals surface area contributed by atoms with Crippen molar-refractivity contribution in [2.45, 2.75) is 32.5 Å². The summed E-state index contributed by atoms with van der Waals surface area (Å²) in [6.45, 7) is 5.83. The number of carbonyl (C=O) groups excluding carboxylic acids is 3. The molecule has 3 amide bonds. The second kappa shape index (κ2) is 11.5. The third-order valence-corrected chi connectivity index (χ3v) is 6.35. The van der Waals surface area contributed by atoms with E-state index in [-0.39, 0.29) is 43.0 Å². The fourth-order valence-corrected chi connectivity index (χ4v) is 4.38. The normalized spacial score (nSPS) is 14.0. The van der Waals surface area contributed by atoms with Gasteiger partial charge < -0.3 is 25.0 Å². The third-order valence-electron chi connectivity index (χ3n) is 6.35. The lowest BCUT2D eigenvalue weighted by Crippen LogP contribution is -2.51. The zero-order chi connectivity index (χ0) is 29.9. The molecule has 2 N–H and O–H groups in total. The largest absolute Gasteiger partial charge is 0.507 e. The number of phenolic OH excluding ortho intramolecular Hbond substituents is 1. The molecule has 0 spiro atoms. The van der Waals surface area contributed by atoms with Gasteiger partial charge in [0.2, 0.25) is 0 Å². The average Bonchev–Trinajstić information content (AvgIpc) is 2.91. The molecule has 41 heavy (non-hydrogen) atoms. The summed E-state index contributed by atoms with van der Waals surface area (Å²) in [6, 6.07) is 15.7. The predicted molar refractivity (Wildman–Crippen MR) is 147 cm³/mol. The van der Waals surface area contributed by atoms with Crippen LogP contribution in [-0.4, -0.2) is 64.6 Å². The topological polar surface area (TPSA) is 99.2 Å². The maximum Gasteiger partial charge on any atom is 0.416 e. The van der Waals surface area contributed by atoms with Crippen molar-refractivity contribution >= 4 is 23.6 Å². The number of piperazine rings is 1. The number of amides is 3. The Labute approximate surface area is 235 Å². The summed E-state index contributed by atoms with van der Waals surface area (Å²) in [4.78, 5) is 42.4. The van der Waals surface area contributed by atoms with E-state index in [1.54, 1.807) is 51.1 Å². The maximum absolute atomic E-state index is 13.6. The lowest BCUT2D eigenvalue weighted by atomic mass is 9.96. The van der Waals surface area contributed by atoms with Crippen LogP contribution in [-0.2, 0) is 10.9 Å². The van der Waals surface area contributed by atoms with Gasteiger partial charge in [0, 0.05) is 31.9 Å². The number of hydrogen-bond donors (Lipinski definition) is 2. The van der Waals surface area contributed by atoms with Crippen molar-refractivity contribution < 1.29 is 37.4 Å². The summed E-state index contributed by atoms with van der Waals surface area (Å²) in [6.07, 6.45) is -5.13. The number of benzene rings is 3. The summed E-state index contributed by atoms with van der Waals surface area (Å²) in [5, 5.41) is 13.4. The number of alkyl halides is 3. The minimum absolute atomic E-state index is 0.118. The van der Waals surface area contributed by atoms with E-state index in [4.69, 9.17) is 4.74 Å². The number of anilines is 1. The van der Waals surface area contributed by atoms with Gasteiger partial charge in [-0.05, 0) is 62.2 Å². The molecule has 0 saturated carbocycles. The monoisotopic (exact) mass is 569 g/mol. The molecule has 0 unspecified atom stereocenters. The van der Waals surface area contributed by atoms with Crippen LogP contribution in [0, 0.1) is 0 Å². The fourth-order valence-electron chi connectivity index (χ4n) is 4.38. The van der Waals surface area contributed by atoms with Gasteiger partial charge in [0.25, 0.3) is 11.8 Å². The molecular weight excluding hydrogens is 539 g/mol. The highest BCUT2D eigenvalue weighted by atomic mass is 19.4. The molecule has 3 aromatic rings. The van der Waals surface area contributed by atoms with Gasteiger partial charge >= 0.3 is 12.3 Å². The highest BCUT2D eigenvalue weighted by Crippen LogP contribution is 2.33. The SMILES string of the molecule is CC(C)(C)OC(=O)N1CCN(C(=O)c2c(O)cc(-c3ccccc3)cc2C(=O)Nc2cccc(C(F)(F)F)c2)CC1. The van der Waals surface area contributed by atoms with Crippen molar-refractivity contribution in [3.63, 3.8) is 0 Å². The van der Waals surface area contributed by atoms with Crippen LogP contribution in [0.5, 0.6) is 5.75 Å². The number of phenols is 1. The Hall–Kier alpha value is -4.54. The number of nitrogens with one attached hydrogen (secondary N) is 1. The van der Waals surface area contributed by atoms with Gasteiger partial charge in [-0.15, -0.1) is 0 Å². The molecule has 216 valence electrons. The van der Waals surface area contributed by atoms with Gasteiger partial charge in [0.1, 0.15) is 11.4 Å². The molecule has 0 radical (unpaired) electrons. The zero-order valence-corrected chi connectivity index (χ0v) is 22.8. The van der Waals surface area contributed by atoms with Crippen molar-refractivity contribution in [1.82, 2.24) is 9.80 Å². The molecule has 11 heteroatoms. The number of nitrogens with zero attached hydrogens (tertiary/aromatic N) is 2. The number of aromatic hydroxyl groups is 1. The summed E-state index contributed by atoms with van der Waals surface area (Å²) in [5.41, 5.74) is -1.17. The van der Waals surface area contributed by atoms with E-state index in [2.05, 4.69) is 5.32 Å². The van der Waals surface area contributed by atoms with Gasteiger partial charge in [-0.3, -0.25) is 9.59 Å². The van der Waals surface area contributed by atoms with E-state index in [1.807, 2.05) is 0 Å². The van der Waals surface area contributed by atoms with Crippen LogP contribution in [0.4, 0.5) is 23.7 Å². The minimum atomic E-state index is -4.62. The summed E-state index contributed by atoms with van der Waals surface area (Å²) in [5.74, 6) is -1.98. The molecule has 0 aliphatic carbocycles. The van der Waals surface area contributed by atoms with Crippen molar-refractivity contribution in [1.29, 1.82) is 0 Å². The lowest BCUT2D eigenvalue weighted by Gasteiger charge is -2.36. The molecule has 1 fully saturated rings. The number of rotatable bonds is 4. The molecule has 0 aromatic heterocycles. The van der Waals surface area contributed by atoms with Crippen molar-refractivity contribution in [2.24, 2.45) is 0 Å². The Morgan fingerprint density at radius 3 is 2.07 bits per heavy atom. The molecule has 8 nitrogen and oxygen atoms in total. The van der Waals surface area contributed by atoms with Gasteiger partial charge in [-0.25, -0.2) is 4.79 Å². The summed E-state index contributed by atoms with van der Waals surface area (Å²) < 4.78 is 45.1. The molecule has 3 aromatic carbocycles. The molecule has 1 aliphatic rings. The highest BCUT2D eigenvalue weighted by Gasteiger charge is 2.33. The lowest BCUT2D eigenvalue weighted by molar-refractivity contribution is -0.137. The molecule has 0 atom stereocenters. The number of ether oxygens (including phenoxy) is 1. The van der Waals surface area contributed by atoms with Crippen LogP contribution in [0.2, 0.25) is 0 Å². The Balaban J connectivity index is 1.64. The molecule has 1 aliphatic heterocycles.